The molecule has 0 saturated carbocycles. The zero-order chi connectivity index (χ0) is 14.9. The lowest BCUT2D eigenvalue weighted by atomic mass is 10.0. The maximum absolute atomic E-state index is 11.3. The molecule has 2 rings (SSSR count). The van der Waals surface area contributed by atoms with Gasteiger partial charge in [-0.25, -0.2) is 0 Å². The van der Waals surface area contributed by atoms with E-state index in [1.807, 2.05) is 25.2 Å². The van der Waals surface area contributed by atoms with Crippen LogP contribution < -0.4 is 0 Å². The summed E-state index contributed by atoms with van der Waals surface area (Å²) in [5, 5.41) is 11.6. The third-order valence-corrected chi connectivity index (χ3v) is 3.12. The Morgan fingerprint density at radius 3 is 2.60 bits per heavy atom. The number of aryl methyl sites for hydroxylation is 1. The van der Waals surface area contributed by atoms with Crippen molar-refractivity contribution in [2.75, 3.05) is 14.1 Å². The highest BCUT2D eigenvalue weighted by atomic mass is 16.6. The van der Waals surface area contributed by atoms with Crippen LogP contribution in [0.1, 0.15) is 21.6 Å². The molecule has 0 atom stereocenters. The Morgan fingerprint density at radius 2 is 2.05 bits per heavy atom. The quantitative estimate of drug-likeness (QED) is 0.527. The molecule has 1 aromatic carbocycles. The fourth-order valence-electron chi connectivity index (χ4n) is 2.17. The predicted molar refractivity (Wildman–Crippen MR) is 77.8 cm³/mol. The van der Waals surface area contributed by atoms with Crippen molar-refractivity contribution in [2.24, 2.45) is 0 Å². The fourth-order valence-corrected chi connectivity index (χ4v) is 2.17. The standard InChI is InChI=1S/C14H15N3O3/c1-9-13(17(19)20)5-4-12-14(9)10(8-18)11(15-12)6-7-16(2)3/h4-8,15H,1-3H3/b7-6+. The number of carbonyl (C=O) groups excluding carboxylic acids is 1. The molecule has 0 amide bonds. The minimum Gasteiger partial charge on any atom is -0.383 e. The second-order valence-corrected chi connectivity index (χ2v) is 4.74. The molecular weight excluding hydrogens is 258 g/mol. The zero-order valence-electron chi connectivity index (χ0n) is 11.5. The van der Waals surface area contributed by atoms with Crippen LogP contribution in [0.15, 0.2) is 18.3 Å². The lowest BCUT2D eigenvalue weighted by Crippen LogP contribution is -2.00. The molecule has 104 valence electrons. The molecule has 0 aliphatic heterocycles. The first-order valence-electron chi connectivity index (χ1n) is 6.05. The number of fused-ring (bicyclic) bond motifs is 1. The van der Waals surface area contributed by atoms with Crippen LogP contribution in [0, 0.1) is 17.0 Å². The third-order valence-electron chi connectivity index (χ3n) is 3.12. The van der Waals surface area contributed by atoms with Crippen molar-refractivity contribution >= 4 is 29.0 Å². The van der Waals surface area contributed by atoms with Gasteiger partial charge < -0.3 is 9.88 Å². The summed E-state index contributed by atoms with van der Waals surface area (Å²) < 4.78 is 0. The molecule has 6 heteroatoms. The summed E-state index contributed by atoms with van der Waals surface area (Å²) in [6.07, 6.45) is 4.31. The molecule has 0 spiro atoms. The van der Waals surface area contributed by atoms with Crippen molar-refractivity contribution in [1.82, 2.24) is 9.88 Å². The number of nitro groups is 1. The van der Waals surface area contributed by atoms with Crippen molar-refractivity contribution < 1.29 is 9.72 Å². The van der Waals surface area contributed by atoms with Gasteiger partial charge in [-0.3, -0.25) is 14.9 Å². The zero-order valence-corrected chi connectivity index (χ0v) is 11.5. The predicted octanol–water partition coefficient (Wildman–Crippen LogP) is 2.73. The maximum Gasteiger partial charge on any atom is 0.273 e. The number of nitrogens with one attached hydrogen (secondary N) is 1. The van der Waals surface area contributed by atoms with Crippen LogP contribution in [0.4, 0.5) is 5.69 Å². The van der Waals surface area contributed by atoms with Gasteiger partial charge in [-0.1, -0.05) is 0 Å². The highest BCUT2D eigenvalue weighted by molar-refractivity contribution is 6.04. The summed E-state index contributed by atoms with van der Waals surface area (Å²) in [6, 6.07) is 3.07. The average Bonchev–Trinajstić information content (AvgIpc) is 2.74. The van der Waals surface area contributed by atoms with Crippen LogP contribution in [0.25, 0.3) is 17.0 Å². The molecule has 0 aliphatic rings. The number of carbonyl (C=O) groups is 1. The van der Waals surface area contributed by atoms with Crippen LogP contribution in [0.2, 0.25) is 0 Å². The van der Waals surface area contributed by atoms with Crippen molar-refractivity contribution in [3.8, 4) is 0 Å². The number of nitrogens with zero attached hydrogens (tertiary/aromatic N) is 2. The first-order chi connectivity index (χ1) is 9.45. The van der Waals surface area contributed by atoms with E-state index >= 15 is 0 Å². The van der Waals surface area contributed by atoms with Gasteiger partial charge in [0.2, 0.25) is 0 Å². The topological polar surface area (TPSA) is 79.2 Å². The molecule has 0 saturated heterocycles. The highest BCUT2D eigenvalue weighted by Crippen LogP contribution is 2.31. The first kappa shape index (κ1) is 13.8. The second-order valence-electron chi connectivity index (χ2n) is 4.74. The molecule has 0 aliphatic carbocycles. The van der Waals surface area contributed by atoms with Crippen LogP contribution in [0.5, 0.6) is 0 Å². The molecule has 6 nitrogen and oxygen atoms in total. The lowest BCUT2D eigenvalue weighted by Gasteiger charge is -2.02. The van der Waals surface area contributed by atoms with E-state index in [1.54, 1.807) is 19.1 Å². The van der Waals surface area contributed by atoms with E-state index in [0.29, 0.717) is 27.7 Å². The Labute approximate surface area is 115 Å². The minimum atomic E-state index is -0.439. The third kappa shape index (κ3) is 2.27. The van der Waals surface area contributed by atoms with Gasteiger partial charge in [0.25, 0.3) is 5.69 Å². The van der Waals surface area contributed by atoms with Crippen molar-refractivity contribution in [2.45, 2.75) is 6.92 Å². The van der Waals surface area contributed by atoms with Gasteiger partial charge in [-0.2, -0.15) is 0 Å². The Bertz CT molecular complexity index is 714. The number of aromatic nitrogens is 1. The van der Waals surface area contributed by atoms with Gasteiger partial charge in [-0.05, 0) is 19.1 Å². The van der Waals surface area contributed by atoms with Crippen LogP contribution in [0.3, 0.4) is 0 Å². The number of hydrogen-bond acceptors (Lipinski definition) is 4. The number of aromatic amines is 1. The lowest BCUT2D eigenvalue weighted by molar-refractivity contribution is -0.385. The van der Waals surface area contributed by atoms with Gasteiger partial charge in [0, 0.05) is 48.4 Å². The van der Waals surface area contributed by atoms with Crippen molar-refractivity contribution in [3.05, 3.63) is 45.3 Å². The van der Waals surface area contributed by atoms with Gasteiger partial charge in [0.1, 0.15) is 0 Å². The van der Waals surface area contributed by atoms with Gasteiger partial charge >= 0.3 is 0 Å². The molecule has 0 bridgehead atoms. The maximum atomic E-state index is 11.3. The monoisotopic (exact) mass is 273 g/mol. The summed E-state index contributed by atoms with van der Waals surface area (Å²) in [4.78, 5) is 26.8. The molecule has 20 heavy (non-hydrogen) atoms. The summed E-state index contributed by atoms with van der Waals surface area (Å²) in [7, 11) is 3.74. The molecule has 0 radical (unpaired) electrons. The summed E-state index contributed by atoms with van der Waals surface area (Å²) >= 11 is 0. The SMILES string of the molecule is Cc1c([N+](=O)[O-])ccc2[nH]c(/C=C/N(C)C)c(C=O)c12. The number of rotatable bonds is 4. The van der Waals surface area contributed by atoms with E-state index in [0.717, 1.165) is 6.29 Å². The first-order valence-corrected chi connectivity index (χ1v) is 6.05. The number of hydrogen-bond donors (Lipinski definition) is 1. The van der Waals surface area contributed by atoms with Crippen molar-refractivity contribution in [3.63, 3.8) is 0 Å². The average molecular weight is 273 g/mol. The molecular formula is C14H15N3O3. The van der Waals surface area contributed by atoms with Gasteiger partial charge in [0.05, 0.1) is 10.6 Å². The molecule has 2 aromatic rings. The van der Waals surface area contributed by atoms with Crippen LogP contribution >= 0.6 is 0 Å². The van der Waals surface area contributed by atoms with E-state index in [9.17, 15) is 14.9 Å². The van der Waals surface area contributed by atoms with E-state index in [2.05, 4.69) is 4.98 Å². The largest absolute Gasteiger partial charge is 0.383 e. The van der Waals surface area contributed by atoms with Crippen LogP contribution in [-0.2, 0) is 0 Å². The van der Waals surface area contributed by atoms with Gasteiger partial charge in [-0.15, -0.1) is 0 Å². The number of benzene rings is 1. The molecule has 1 N–H and O–H groups in total. The van der Waals surface area contributed by atoms with Gasteiger partial charge in [0.15, 0.2) is 6.29 Å². The summed E-state index contributed by atoms with van der Waals surface area (Å²) in [5.74, 6) is 0. The van der Waals surface area contributed by atoms with E-state index in [1.165, 1.54) is 6.07 Å². The Hall–Kier alpha value is -2.63. The van der Waals surface area contributed by atoms with E-state index in [4.69, 9.17) is 0 Å². The Morgan fingerprint density at radius 1 is 1.35 bits per heavy atom. The normalized spacial score (nSPS) is 11.2. The smallest absolute Gasteiger partial charge is 0.273 e. The number of aldehydes is 1. The summed E-state index contributed by atoms with van der Waals surface area (Å²) in [6.45, 7) is 1.65. The molecule has 1 aromatic heterocycles. The van der Waals surface area contributed by atoms with E-state index < -0.39 is 4.92 Å². The van der Waals surface area contributed by atoms with Crippen molar-refractivity contribution in [1.29, 1.82) is 0 Å². The van der Waals surface area contributed by atoms with Crippen LogP contribution in [-0.4, -0.2) is 35.2 Å². The molecule has 0 unspecified atom stereocenters. The highest BCUT2D eigenvalue weighted by Gasteiger charge is 2.18. The fraction of sp³-hybridized carbons (Fsp3) is 0.214. The number of nitro benzene ring substituents is 1. The summed E-state index contributed by atoms with van der Waals surface area (Å²) in [5.41, 5.74) is 2.32. The number of H-pyrrole nitrogens is 1. The molecule has 0 fully saturated rings. The minimum absolute atomic E-state index is 0.0164. The second kappa shape index (κ2) is 5.16. The molecule has 1 heterocycles. The Balaban J connectivity index is 2.73. The Kier molecular flexibility index (Phi) is 3.56. The van der Waals surface area contributed by atoms with E-state index in [-0.39, 0.29) is 5.69 Å².